The van der Waals surface area contributed by atoms with E-state index in [0.29, 0.717) is 30.0 Å². The molecule has 1 aliphatic rings. The zero-order chi connectivity index (χ0) is 18.2. The zero-order valence-corrected chi connectivity index (χ0v) is 14.7. The minimum atomic E-state index is -0.482. The maximum Gasteiger partial charge on any atom is 0.330 e. The number of hydrogen-bond donors (Lipinski definition) is 2. The van der Waals surface area contributed by atoms with Crippen molar-refractivity contribution in [1.29, 1.82) is 0 Å². The van der Waals surface area contributed by atoms with E-state index in [1.54, 1.807) is 37.3 Å². The van der Waals surface area contributed by atoms with Crippen molar-refractivity contribution in [2.24, 2.45) is 5.92 Å². The van der Waals surface area contributed by atoms with E-state index >= 15 is 0 Å². The second-order valence-electron chi connectivity index (χ2n) is 5.71. The normalized spacial score (nSPS) is 18.0. The van der Waals surface area contributed by atoms with Crippen LogP contribution in [-0.2, 0) is 14.3 Å². The molecular formula is C18H21ClN2O4. The number of nitrogens with one attached hydrogen (secondary N) is 2. The van der Waals surface area contributed by atoms with Crippen molar-refractivity contribution in [1.82, 2.24) is 10.6 Å². The van der Waals surface area contributed by atoms with Gasteiger partial charge in [0.25, 0.3) is 5.91 Å². The Bertz CT molecular complexity index is 658. The monoisotopic (exact) mass is 364 g/mol. The molecule has 1 fully saturated rings. The van der Waals surface area contributed by atoms with Gasteiger partial charge in [-0.2, -0.15) is 0 Å². The Morgan fingerprint density at radius 1 is 1.40 bits per heavy atom. The van der Waals surface area contributed by atoms with Gasteiger partial charge in [0.05, 0.1) is 6.61 Å². The van der Waals surface area contributed by atoms with E-state index in [2.05, 4.69) is 10.6 Å². The van der Waals surface area contributed by atoms with Crippen molar-refractivity contribution in [3.05, 3.63) is 47.0 Å². The fraction of sp³-hybridized carbons (Fsp3) is 0.389. The van der Waals surface area contributed by atoms with E-state index < -0.39 is 12.0 Å². The van der Waals surface area contributed by atoms with Gasteiger partial charge >= 0.3 is 5.97 Å². The number of amides is 2. The Morgan fingerprint density at radius 3 is 2.72 bits per heavy atom. The summed E-state index contributed by atoms with van der Waals surface area (Å²) in [5.41, 5.74) is 0.454. The SMILES string of the molecule is CCOC(=O)/C=C/[C@H](C[C@@H]1CCNC1=O)NC(=O)c1ccc(Cl)cc1. The predicted molar refractivity (Wildman–Crippen MR) is 94.2 cm³/mol. The third kappa shape index (κ3) is 5.90. The largest absolute Gasteiger partial charge is 0.463 e. The quantitative estimate of drug-likeness (QED) is 0.573. The van der Waals surface area contributed by atoms with Crippen LogP contribution < -0.4 is 10.6 Å². The van der Waals surface area contributed by atoms with Crippen molar-refractivity contribution in [3.8, 4) is 0 Å². The molecule has 2 N–H and O–H groups in total. The van der Waals surface area contributed by atoms with Crippen molar-refractivity contribution >= 4 is 29.4 Å². The number of benzene rings is 1. The number of carbonyl (C=O) groups excluding carboxylic acids is 3. The topological polar surface area (TPSA) is 84.5 Å². The Kier molecular flexibility index (Phi) is 7.01. The smallest absolute Gasteiger partial charge is 0.330 e. The lowest BCUT2D eigenvalue weighted by molar-refractivity contribution is -0.137. The fourth-order valence-corrected chi connectivity index (χ4v) is 2.73. The van der Waals surface area contributed by atoms with E-state index in [9.17, 15) is 14.4 Å². The number of hydrogen-bond acceptors (Lipinski definition) is 4. The molecule has 1 aromatic carbocycles. The summed E-state index contributed by atoms with van der Waals surface area (Å²) in [6.45, 7) is 2.62. The molecule has 0 aliphatic carbocycles. The summed E-state index contributed by atoms with van der Waals surface area (Å²) < 4.78 is 4.85. The third-order valence-electron chi connectivity index (χ3n) is 3.88. The molecule has 1 aromatic rings. The van der Waals surface area contributed by atoms with Crippen LogP contribution in [0.5, 0.6) is 0 Å². The van der Waals surface area contributed by atoms with E-state index in [0.717, 1.165) is 0 Å². The van der Waals surface area contributed by atoms with Gasteiger partial charge in [0.15, 0.2) is 0 Å². The number of halogens is 1. The first-order chi connectivity index (χ1) is 12.0. The molecule has 2 rings (SSSR count). The summed E-state index contributed by atoms with van der Waals surface area (Å²) >= 11 is 5.83. The van der Waals surface area contributed by atoms with Gasteiger partial charge in [-0.05, 0) is 44.0 Å². The van der Waals surface area contributed by atoms with Gasteiger partial charge < -0.3 is 15.4 Å². The highest BCUT2D eigenvalue weighted by Gasteiger charge is 2.27. The second-order valence-corrected chi connectivity index (χ2v) is 6.15. The molecule has 0 saturated carbocycles. The Morgan fingerprint density at radius 2 is 2.12 bits per heavy atom. The number of carbonyl (C=O) groups is 3. The predicted octanol–water partition coefficient (Wildman–Crippen LogP) is 2.08. The van der Waals surface area contributed by atoms with Crippen LogP contribution in [0.25, 0.3) is 0 Å². The summed E-state index contributed by atoms with van der Waals surface area (Å²) in [4.78, 5) is 35.7. The number of rotatable bonds is 7. The molecule has 134 valence electrons. The molecule has 1 aliphatic heterocycles. The van der Waals surface area contributed by atoms with Gasteiger partial charge in [0.1, 0.15) is 0 Å². The standard InChI is InChI=1S/C18H21ClN2O4/c1-2-25-16(22)8-7-15(11-13-9-10-20-17(13)23)21-18(24)12-3-5-14(19)6-4-12/h3-8,13,15H,2,9-11H2,1H3,(H,20,23)(H,21,24)/b8-7+/t13-,15+/m0/s1. The first kappa shape index (κ1) is 19.0. The Labute approximate surface area is 151 Å². The van der Waals surface area contributed by atoms with Gasteiger partial charge in [-0.3, -0.25) is 9.59 Å². The van der Waals surface area contributed by atoms with Gasteiger partial charge in [-0.1, -0.05) is 17.7 Å². The minimum Gasteiger partial charge on any atom is -0.463 e. The zero-order valence-electron chi connectivity index (χ0n) is 14.0. The second kappa shape index (κ2) is 9.22. The lowest BCUT2D eigenvalue weighted by Gasteiger charge is -2.18. The van der Waals surface area contributed by atoms with Crippen molar-refractivity contribution in [3.63, 3.8) is 0 Å². The molecule has 6 nitrogen and oxygen atoms in total. The van der Waals surface area contributed by atoms with Crippen molar-refractivity contribution < 1.29 is 19.1 Å². The maximum absolute atomic E-state index is 12.4. The van der Waals surface area contributed by atoms with E-state index in [1.165, 1.54) is 6.08 Å². The van der Waals surface area contributed by atoms with Gasteiger partial charge in [0.2, 0.25) is 5.91 Å². The molecule has 0 radical (unpaired) electrons. The van der Waals surface area contributed by atoms with E-state index in [-0.39, 0.29) is 24.3 Å². The maximum atomic E-state index is 12.4. The molecule has 0 unspecified atom stereocenters. The first-order valence-corrected chi connectivity index (χ1v) is 8.56. The number of ether oxygens (including phenoxy) is 1. The Balaban J connectivity index is 2.06. The third-order valence-corrected chi connectivity index (χ3v) is 4.13. The molecule has 7 heteroatoms. The highest BCUT2D eigenvalue weighted by atomic mass is 35.5. The van der Waals surface area contributed by atoms with Crippen LogP contribution in [0.3, 0.4) is 0 Å². The van der Waals surface area contributed by atoms with Crippen molar-refractivity contribution in [2.45, 2.75) is 25.8 Å². The molecule has 2 amide bonds. The van der Waals surface area contributed by atoms with E-state index in [1.807, 2.05) is 0 Å². The molecule has 0 bridgehead atoms. The van der Waals surface area contributed by atoms with Gasteiger partial charge in [-0.25, -0.2) is 4.79 Å². The van der Waals surface area contributed by atoms with Crippen LogP contribution in [0.4, 0.5) is 0 Å². The summed E-state index contributed by atoms with van der Waals surface area (Å²) in [5.74, 6) is -1.00. The van der Waals surface area contributed by atoms with Crippen LogP contribution in [0.15, 0.2) is 36.4 Å². The van der Waals surface area contributed by atoms with Crippen LogP contribution in [0, 0.1) is 5.92 Å². The molecule has 1 saturated heterocycles. The Hall–Kier alpha value is -2.34. The summed E-state index contributed by atoms with van der Waals surface area (Å²) in [5, 5.41) is 6.15. The summed E-state index contributed by atoms with van der Waals surface area (Å²) in [6, 6.07) is 6.04. The van der Waals surface area contributed by atoms with Crippen LogP contribution in [0.1, 0.15) is 30.1 Å². The summed E-state index contributed by atoms with van der Waals surface area (Å²) in [7, 11) is 0. The molecule has 2 atom stereocenters. The minimum absolute atomic E-state index is 0.0322. The lowest BCUT2D eigenvalue weighted by Crippen LogP contribution is -2.36. The van der Waals surface area contributed by atoms with Crippen LogP contribution in [-0.4, -0.2) is 37.0 Å². The average molecular weight is 365 g/mol. The van der Waals surface area contributed by atoms with Gasteiger partial charge in [-0.15, -0.1) is 0 Å². The number of esters is 1. The van der Waals surface area contributed by atoms with Crippen molar-refractivity contribution in [2.75, 3.05) is 13.2 Å². The van der Waals surface area contributed by atoms with Crippen LogP contribution >= 0.6 is 11.6 Å². The fourth-order valence-electron chi connectivity index (χ4n) is 2.60. The highest BCUT2D eigenvalue weighted by molar-refractivity contribution is 6.30. The molecule has 1 heterocycles. The average Bonchev–Trinajstić information content (AvgIpc) is 2.98. The molecular weight excluding hydrogens is 344 g/mol. The molecule has 0 aromatic heterocycles. The van der Waals surface area contributed by atoms with E-state index in [4.69, 9.17) is 16.3 Å². The van der Waals surface area contributed by atoms with Crippen LogP contribution in [0.2, 0.25) is 5.02 Å². The lowest BCUT2D eigenvalue weighted by atomic mass is 9.97. The van der Waals surface area contributed by atoms with Gasteiger partial charge in [0, 0.05) is 35.2 Å². The highest BCUT2D eigenvalue weighted by Crippen LogP contribution is 2.17. The molecule has 25 heavy (non-hydrogen) atoms. The molecule has 0 spiro atoms. The first-order valence-electron chi connectivity index (χ1n) is 8.18. The summed E-state index contributed by atoms with van der Waals surface area (Å²) in [6.07, 6.45) is 3.97.